The second-order valence-corrected chi connectivity index (χ2v) is 6.03. The third-order valence-electron chi connectivity index (χ3n) is 0.575. The predicted octanol–water partition coefficient (Wildman–Crippen LogP) is -3.77. The molecule has 0 aliphatic carbocycles. The van der Waals surface area contributed by atoms with Gasteiger partial charge in [-0.05, 0) is 0 Å². The van der Waals surface area contributed by atoms with E-state index in [1.807, 2.05) is 0 Å². The van der Waals surface area contributed by atoms with Gasteiger partial charge in [-0.25, -0.2) is 0 Å². The maximum atomic E-state index is 3.48. The van der Waals surface area contributed by atoms with Crippen molar-refractivity contribution >= 4 is 31.5 Å². The van der Waals surface area contributed by atoms with E-state index in [0.29, 0.717) is 0 Å². The molecule has 0 unspecified atom stereocenters. The fourth-order valence-corrected chi connectivity index (χ4v) is 2.87. The molecule has 0 amide bonds. The van der Waals surface area contributed by atoms with Crippen LogP contribution in [0.4, 0.5) is 0 Å². The van der Waals surface area contributed by atoms with E-state index < -0.39 is 0 Å². The van der Waals surface area contributed by atoms with Gasteiger partial charge >= 0.3 is 74.6 Å². The van der Waals surface area contributed by atoms with Crippen molar-refractivity contribution in [1.82, 2.24) is 0 Å². The van der Waals surface area contributed by atoms with Crippen LogP contribution < -0.4 is 31.3 Å². The minimum absolute atomic E-state index is 0. The summed E-state index contributed by atoms with van der Waals surface area (Å²) in [4.78, 5) is 0. The Balaban J connectivity index is -0.000000125. The zero-order chi connectivity index (χ0) is 4.83. The average Bonchev–Trinajstić information content (AvgIpc) is 1.61. The molecule has 8 heavy (non-hydrogen) atoms. The van der Waals surface area contributed by atoms with Gasteiger partial charge in [0.2, 0.25) is 0 Å². The van der Waals surface area contributed by atoms with Crippen molar-refractivity contribution in [2.24, 2.45) is 0 Å². The van der Waals surface area contributed by atoms with Crippen LogP contribution in [0.1, 0.15) is 19.8 Å². The van der Waals surface area contributed by atoms with Crippen LogP contribution in [-0.2, 0) is 0 Å². The first-order chi connectivity index (χ1) is 2.91. The Bertz CT molecular complexity index is 28.0. The fourth-order valence-electron chi connectivity index (χ4n) is 0.199. The molecule has 0 aromatic heterocycles. The van der Waals surface area contributed by atoms with Crippen LogP contribution in [0.3, 0.4) is 0 Å². The van der Waals surface area contributed by atoms with E-state index in [1.165, 1.54) is 17.3 Å². The fraction of sp³-hybridized carbons (Fsp3) is 1.00. The molecule has 0 rings (SSSR count). The van der Waals surface area contributed by atoms with Crippen LogP contribution in [0.2, 0.25) is 4.47 Å². The standard InChI is InChI=1S/C4H9BrTe.ClH.Li/c1-2-3-4-6-5;;/h2-4H2,1H3;1H;/q;;+1/p-1. The van der Waals surface area contributed by atoms with Crippen molar-refractivity contribution in [3.63, 3.8) is 0 Å². The molecule has 0 saturated heterocycles. The largest absolute Gasteiger partial charge is 1.00 e. The van der Waals surface area contributed by atoms with E-state index >= 15 is 0 Å². The molecule has 0 spiro atoms. The zero-order valence-electron chi connectivity index (χ0n) is 5.29. The Kier molecular flexibility index (Phi) is 33.4. The van der Waals surface area contributed by atoms with Gasteiger partial charge < -0.3 is 12.4 Å². The molecule has 4 heteroatoms. The molecule has 0 nitrogen and oxygen atoms in total. The molecular weight excluding hydrogens is 298 g/mol. The smallest absolute Gasteiger partial charge is 1.00 e. The third-order valence-corrected chi connectivity index (χ3v) is 4.01. The molecule has 0 heterocycles. The summed E-state index contributed by atoms with van der Waals surface area (Å²) in [5.74, 6) is 0. The zero-order valence-corrected chi connectivity index (χ0v) is 9.96. The molecule has 0 aliphatic rings. The minimum Gasteiger partial charge on any atom is -1.00 e. The number of hydrogen-bond acceptors (Lipinski definition) is 0. The molecule has 0 aromatic rings. The van der Waals surface area contributed by atoms with Crippen LogP contribution in [0, 0.1) is 0 Å². The topological polar surface area (TPSA) is 0 Å². The number of halogens is 2. The minimum atomic E-state index is 0. The summed E-state index contributed by atoms with van der Waals surface area (Å²) in [5, 5.41) is 0. The van der Waals surface area contributed by atoms with Crippen molar-refractivity contribution in [1.29, 1.82) is 0 Å². The molecule has 0 aromatic carbocycles. The molecule has 0 N–H and O–H groups in total. The van der Waals surface area contributed by atoms with Gasteiger partial charge in [0.25, 0.3) is 0 Å². The Morgan fingerprint density at radius 3 is 2.12 bits per heavy atom. The van der Waals surface area contributed by atoms with Crippen LogP contribution in [-0.4, -0.2) is 18.7 Å². The molecule has 46 valence electrons. The summed E-state index contributed by atoms with van der Waals surface area (Å²) in [6.45, 7) is 2.23. The quantitative estimate of drug-likeness (QED) is 0.371. The normalized spacial score (nSPS) is 6.75. The van der Waals surface area contributed by atoms with E-state index in [2.05, 4.69) is 19.7 Å². The summed E-state index contributed by atoms with van der Waals surface area (Å²) in [6, 6.07) is 0. The molecule has 0 bridgehead atoms. The van der Waals surface area contributed by atoms with Crippen molar-refractivity contribution in [3.8, 4) is 0 Å². The second kappa shape index (κ2) is 16.1. The van der Waals surface area contributed by atoms with Crippen LogP contribution >= 0.6 is 12.8 Å². The maximum absolute atomic E-state index is 3.48. The van der Waals surface area contributed by atoms with Gasteiger partial charge in [0.15, 0.2) is 0 Å². The monoisotopic (exact) mass is 308 g/mol. The van der Waals surface area contributed by atoms with Crippen molar-refractivity contribution < 1.29 is 31.3 Å². The molecule has 0 fully saturated rings. The van der Waals surface area contributed by atoms with E-state index in [-0.39, 0.29) is 50.0 Å². The van der Waals surface area contributed by atoms with Crippen molar-refractivity contribution in [2.75, 3.05) is 0 Å². The van der Waals surface area contributed by atoms with Gasteiger partial charge in [-0.3, -0.25) is 0 Å². The number of unbranched alkanes of at least 4 members (excludes halogenated alkanes) is 1. The number of hydrogen-bond donors (Lipinski definition) is 0. The van der Waals surface area contributed by atoms with E-state index in [4.69, 9.17) is 0 Å². The van der Waals surface area contributed by atoms with Gasteiger partial charge in [0.1, 0.15) is 0 Å². The average molecular weight is 307 g/mol. The second-order valence-electron chi connectivity index (χ2n) is 1.17. The first-order valence-electron chi connectivity index (χ1n) is 2.15. The Hall–Kier alpha value is 2.16. The van der Waals surface area contributed by atoms with Crippen LogP contribution in [0.15, 0.2) is 0 Å². The first kappa shape index (κ1) is 16.6. The summed E-state index contributed by atoms with van der Waals surface area (Å²) in [7, 11) is 0. The van der Waals surface area contributed by atoms with E-state index in [9.17, 15) is 0 Å². The third kappa shape index (κ3) is 15.7. The van der Waals surface area contributed by atoms with Gasteiger partial charge in [-0.15, -0.1) is 0 Å². The number of rotatable bonds is 3. The van der Waals surface area contributed by atoms with Gasteiger partial charge in [0.05, 0.1) is 0 Å². The van der Waals surface area contributed by atoms with Crippen LogP contribution in [0.5, 0.6) is 0 Å². The molecule has 0 saturated carbocycles. The Labute approximate surface area is 86.0 Å². The Morgan fingerprint density at radius 1 is 1.50 bits per heavy atom. The van der Waals surface area contributed by atoms with Crippen molar-refractivity contribution in [3.05, 3.63) is 0 Å². The van der Waals surface area contributed by atoms with E-state index in [0.717, 1.165) is 0 Å². The summed E-state index contributed by atoms with van der Waals surface area (Å²) in [5.41, 5.74) is 0. The summed E-state index contributed by atoms with van der Waals surface area (Å²) in [6.07, 6.45) is 2.78. The SMILES string of the molecule is CCCC[Te]Br.[Cl-].[Li+]. The van der Waals surface area contributed by atoms with Gasteiger partial charge in [-0.1, -0.05) is 0 Å². The molecule has 0 aliphatic heterocycles. The van der Waals surface area contributed by atoms with Crippen LogP contribution in [0.25, 0.3) is 0 Å². The first-order valence-corrected chi connectivity index (χ1v) is 9.02. The Morgan fingerprint density at radius 2 is 2.00 bits per heavy atom. The van der Waals surface area contributed by atoms with Gasteiger partial charge in [0, 0.05) is 0 Å². The predicted molar refractivity (Wildman–Crippen MR) is 34.4 cm³/mol. The molecule has 0 radical (unpaired) electrons. The molecule has 0 atom stereocenters. The molecular formula is C4H9BrClLiTe. The van der Waals surface area contributed by atoms with Crippen molar-refractivity contribution in [2.45, 2.75) is 24.2 Å². The maximum Gasteiger partial charge on any atom is 1.00 e. The van der Waals surface area contributed by atoms with E-state index in [1.54, 1.807) is 0 Å². The van der Waals surface area contributed by atoms with Gasteiger partial charge in [-0.2, -0.15) is 0 Å². The summed E-state index contributed by atoms with van der Waals surface area (Å²) < 4.78 is 1.46. The summed E-state index contributed by atoms with van der Waals surface area (Å²) >= 11 is 3.76.